The summed E-state index contributed by atoms with van der Waals surface area (Å²) in [5.74, 6) is -0.654. The van der Waals surface area contributed by atoms with E-state index in [9.17, 15) is 4.79 Å². The molecule has 148 valence electrons. The van der Waals surface area contributed by atoms with Gasteiger partial charge in [-0.2, -0.15) is 0 Å². The fourth-order valence-electron chi connectivity index (χ4n) is 3.35. The smallest absolute Gasteiger partial charge is 0.200 e. The second-order valence-corrected chi connectivity index (χ2v) is 9.31. The van der Waals surface area contributed by atoms with Crippen LogP contribution in [0.1, 0.15) is 46.4 Å². The Morgan fingerprint density at radius 2 is 1.86 bits per heavy atom. The SMILES string of the molecule is CC1(C)SC(c2c(F)ccc(Cl)c2OCc2ccccc2)C(=O)c2nccnc21. The van der Waals surface area contributed by atoms with E-state index in [2.05, 4.69) is 9.97 Å². The van der Waals surface area contributed by atoms with Crippen LogP contribution in [0.2, 0.25) is 5.02 Å². The van der Waals surface area contributed by atoms with Gasteiger partial charge in [0.1, 0.15) is 29.1 Å². The lowest BCUT2D eigenvalue weighted by Gasteiger charge is -2.34. The number of hydrogen-bond acceptors (Lipinski definition) is 5. The first-order valence-electron chi connectivity index (χ1n) is 9.06. The number of hydrogen-bond donors (Lipinski definition) is 0. The van der Waals surface area contributed by atoms with Crippen LogP contribution in [0.15, 0.2) is 54.9 Å². The molecule has 2 aromatic carbocycles. The summed E-state index contributed by atoms with van der Waals surface area (Å²) in [6, 6.07) is 12.2. The summed E-state index contributed by atoms with van der Waals surface area (Å²) in [6.45, 7) is 4.09. The van der Waals surface area contributed by atoms with Gasteiger partial charge in [0.05, 0.1) is 21.0 Å². The van der Waals surface area contributed by atoms with Crippen molar-refractivity contribution in [3.8, 4) is 5.75 Å². The lowest BCUT2D eigenvalue weighted by atomic mass is 9.97. The fourth-order valence-corrected chi connectivity index (χ4v) is 4.97. The van der Waals surface area contributed by atoms with Crippen LogP contribution in [0.5, 0.6) is 5.75 Å². The zero-order valence-corrected chi connectivity index (χ0v) is 17.4. The van der Waals surface area contributed by atoms with Crippen LogP contribution in [0.25, 0.3) is 0 Å². The maximum atomic E-state index is 15.0. The number of Topliss-reactive ketones (excluding diaryl/α,β-unsaturated/α-hetero) is 1. The molecule has 7 heteroatoms. The summed E-state index contributed by atoms with van der Waals surface area (Å²) >= 11 is 7.69. The maximum absolute atomic E-state index is 15.0. The van der Waals surface area contributed by atoms with Gasteiger partial charge >= 0.3 is 0 Å². The Morgan fingerprint density at radius 1 is 1.14 bits per heavy atom. The Morgan fingerprint density at radius 3 is 2.62 bits per heavy atom. The number of ether oxygens (including phenoxy) is 1. The van der Waals surface area contributed by atoms with Crippen molar-refractivity contribution in [1.82, 2.24) is 9.97 Å². The van der Waals surface area contributed by atoms with E-state index < -0.39 is 15.8 Å². The quantitative estimate of drug-likeness (QED) is 0.529. The van der Waals surface area contributed by atoms with Gasteiger partial charge in [-0.3, -0.25) is 9.78 Å². The Balaban J connectivity index is 1.77. The van der Waals surface area contributed by atoms with Crippen molar-refractivity contribution in [1.29, 1.82) is 0 Å². The zero-order chi connectivity index (χ0) is 20.6. The van der Waals surface area contributed by atoms with Gasteiger partial charge in [0.25, 0.3) is 0 Å². The van der Waals surface area contributed by atoms with Gasteiger partial charge in [0.2, 0.25) is 5.78 Å². The lowest BCUT2D eigenvalue weighted by molar-refractivity contribution is 0.0976. The summed E-state index contributed by atoms with van der Waals surface area (Å²) in [4.78, 5) is 21.8. The van der Waals surface area contributed by atoms with E-state index in [1.165, 1.54) is 30.1 Å². The average Bonchev–Trinajstić information content (AvgIpc) is 2.72. The third-order valence-corrected chi connectivity index (χ3v) is 6.50. The van der Waals surface area contributed by atoms with Crippen LogP contribution in [0, 0.1) is 5.82 Å². The molecule has 0 aliphatic carbocycles. The van der Waals surface area contributed by atoms with E-state index >= 15 is 4.39 Å². The molecule has 1 unspecified atom stereocenters. The first-order valence-corrected chi connectivity index (χ1v) is 10.3. The van der Waals surface area contributed by atoms with Crippen molar-refractivity contribution >= 4 is 29.1 Å². The van der Waals surface area contributed by atoms with Gasteiger partial charge in [0, 0.05) is 12.4 Å². The van der Waals surface area contributed by atoms with Crippen molar-refractivity contribution in [2.24, 2.45) is 0 Å². The third kappa shape index (κ3) is 3.74. The molecule has 0 saturated heterocycles. The second-order valence-electron chi connectivity index (χ2n) is 7.17. The number of thioether (sulfide) groups is 1. The number of carbonyl (C=O) groups is 1. The van der Waals surface area contributed by atoms with Crippen molar-refractivity contribution in [2.45, 2.75) is 30.5 Å². The normalized spacial score (nSPS) is 17.7. The van der Waals surface area contributed by atoms with Crippen molar-refractivity contribution in [2.75, 3.05) is 0 Å². The molecule has 1 aromatic heterocycles. The fraction of sp³-hybridized carbons (Fsp3) is 0.227. The molecule has 1 aliphatic heterocycles. The number of carbonyl (C=O) groups excluding carboxylic acids is 1. The lowest BCUT2D eigenvalue weighted by Crippen LogP contribution is -2.31. The molecule has 4 nitrogen and oxygen atoms in total. The average molecular weight is 429 g/mol. The van der Waals surface area contributed by atoms with E-state index in [-0.39, 0.29) is 34.4 Å². The van der Waals surface area contributed by atoms with Crippen LogP contribution in [-0.2, 0) is 11.4 Å². The summed E-state index contributed by atoms with van der Waals surface area (Å²) < 4.78 is 20.4. The zero-order valence-electron chi connectivity index (χ0n) is 15.9. The van der Waals surface area contributed by atoms with Gasteiger partial charge in [-0.25, -0.2) is 9.37 Å². The minimum atomic E-state index is -0.835. The molecule has 1 atom stereocenters. The Bertz CT molecular complexity index is 1080. The minimum absolute atomic E-state index is 0.146. The van der Waals surface area contributed by atoms with Crippen LogP contribution < -0.4 is 4.74 Å². The summed E-state index contributed by atoms with van der Waals surface area (Å²) in [6.07, 6.45) is 3.03. The van der Waals surface area contributed by atoms with E-state index in [1.54, 1.807) is 6.20 Å². The monoisotopic (exact) mass is 428 g/mol. The summed E-state index contributed by atoms with van der Waals surface area (Å²) in [5.41, 5.74) is 1.92. The molecule has 0 N–H and O–H groups in total. The van der Waals surface area contributed by atoms with Crippen molar-refractivity contribution in [3.63, 3.8) is 0 Å². The molecule has 0 radical (unpaired) electrons. The largest absolute Gasteiger partial charge is 0.487 e. The minimum Gasteiger partial charge on any atom is -0.487 e. The number of fused-ring (bicyclic) bond motifs is 1. The molecule has 0 fully saturated rings. The van der Waals surface area contributed by atoms with E-state index in [4.69, 9.17) is 16.3 Å². The van der Waals surface area contributed by atoms with Crippen LogP contribution in [0.4, 0.5) is 4.39 Å². The van der Waals surface area contributed by atoms with Gasteiger partial charge in [-0.15, -0.1) is 11.8 Å². The molecule has 4 rings (SSSR count). The molecular formula is C22H18ClFN2O2S. The Kier molecular flexibility index (Phi) is 5.32. The Hall–Kier alpha value is -2.44. The highest BCUT2D eigenvalue weighted by Gasteiger charge is 2.44. The predicted molar refractivity (Wildman–Crippen MR) is 112 cm³/mol. The van der Waals surface area contributed by atoms with Gasteiger partial charge < -0.3 is 4.74 Å². The molecule has 2 heterocycles. The second kappa shape index (κ2) is 7.76. The molecule has 1 aliphatic rings. The van der Waals surface area contributed by atoms with Crippen LogP contribution in [-0.4, -0.2) is 15.8 Å². The number of aromatic nitrogens is 2. The number of rotatable bonds is 4. The number of nitrogens with zero attached hydrogens (tertiary/aromatic N) is 2. The molecule has 29 heavy (non-hydrogen) atoms. The molecule has 0 spiro atoms. The van der Waals surface area contributed by atoms with E-state index in [0.717, 1.165) is 5.56 Å². The maximum Gasteiger partial charge on any atom is 0.200 e. The van der Waals surface area contributed by atoms with E-state index in [1.807, 2.05) is 44.2 Å². The molecule has 0 amide bonds. The molecule has 0 bridgehead atoms. The highest BCUT2D eigenvalue weighted by molar-refractivity contribution is 8.01. The number of benzene rings is 2. The van der Waals surface area contributed by atoms with E-state index in [0.29, 0.717) is 5.69 Å². The Labute approximate surface area is 177 Å². The van der Waals surface area contributed by atoms with Crippen LogP contribution >= 0.6 is 23.4 Å². The molecule has 0 saturated carbocycles. The number of ketones is 1. The summed E-state index contributed by atoms with van der Waals surface area (Å²) in [7, 11) is 0. The standard InChI is InChI=1S/C22H18ClFN2O2S/c1-22(2)21-17(25-10-11-26-21)18(27)20(29-22)16-15(24)9-8-14(23)19(16)28-12-13-6-4-3-5-7-13/h3-11,20H,12H2,1-2H3. The topological polar surface area (TPSA) is 52.1 Å². The highest BCUT2D eigenvalue weighted by atomic mass is 35.5. The van der Waals surface area contributed by atoms with Gasteiger partial charge in [-0.1, -0.05) is 41.9 Å². The third-order valence-electron chi connectivity index (χ3n) is 4.74. The van der Waals surface area contributed by atoms with Crippen molar-refractivity contribution in [3.05, 3.63) is 88.2 Å². The first-order chi connectivity index (χ1) is 13.9. The number of halogens is 2. The first kappa shape index (κ1) is 19.9. The van der Waals surface area contributed by atoms with Crippen molar-refractivity contribution < 1.29 is 13.9 Å². The predicted octanol–water partition coefficient (Wildman–Crippen LogP) is 5.75. The summed E-state index contributed by atoms with van der Waals surface area (Å²) in [5, 5.41) is -0.577. The highest BCUT2D eigenvalue weighted by Crippen LogP contribution is 2.53. The molecule has 3 aromatic rings. The van der Waals surface area contributed by atoms with Gasteiger partial charge in [0.15, 0.2) is 0 Å². The van der Waals surface area contributed by atoms with Crippen LogP contribution in [0.3, 0.4) is 0 Å². The molecular weight excluding hydrogens is 411 g/mol. The van der Waals surface area contributed by atoms with Gasteiger partial charge in [-0.05, 0) is 31.5 Å².